The second-order valence-electron chi connectivity index (χ2n) is 3.59. The predicted molar refractivity (Wildman–Crippen MR) is 62.6 cm³/mol. The molecule has 14 heavy (non-hydrogen) atoms. The molecule has 0 spiro atoms. The summed E-state index contributed by atoms with van der Waals surface area (Å²) in [6.45, 7) is 2.26. The van der Waals surface area contributed by atoms with Gasteiger partial charge in [0, 0.05) is 11.3 Å². The van der Waals surface area contributed by atoms with Gasteiger partial charge in [-0.25, -0.2) is 4.98 Å². The number of thioether (sulfide) groups is 1. The molecule has 0 amide bonds. The van der Waals surface area contributed by atoms with Crippen LogP contribution in [0.4, 0.5) is 11.5 Å². The third-order valence-electron chi connectivity index (χ3n) is 2.50. The van der Waals surface area contributed by atoms with Crippen LogP contribution in [0.5, 0.6) is 0 Å². The van der Waals surface area contributed by atoms with E-state index in [0.717, 1.165) is 5.82 Å². The summed E-state index contributed by atoms with van der Waals surface area (Å²) >= 11 is 2.01. The highest BCUT2D eigenvalue weighted by atomic mass is 32.2. The van der Waals surface area contributed by atoms with Gasteiger partial charge in [0.1, 0.15) is 5.82 Å². The fourth-order valence-corrected chi connectivity index (χ4v) is 2.80. The number of hydrogen-bond acceptors (Lipinski definition) is 4. The normalized spacial score (nSPS) is 26.4. The number of pyridine rings is 1. The highest BCUT2D eigenvalue weighted by molar-refractivity contribution is 8.00. The van der Waals surface area contributed by atoms with Crippen LogP contribution in [0.1, 0.15) is 13.3 Å². The summed E-state index contributed by atoms with van der Waals surface area (Å²) in [5.74, 6) is 2.17. The molecule has 4 heteroatoms. The van der Waals surface area contributed by atoms with Crippen molar-refractivity contribution in [3.8, 4) is 0 Å². The van der Waals surface area contributed by atoms with Crippen molar-refractivity contribution < 1.29 is 0 Å². The molecule has 0 bridgehead atoms. The lowest BCUT2D eigenvalue weighted by molar-refractivity contribution is 0.720. The highest BCUT2D eigenvalue weighted by Crippen LogP contribution is 2.28. The van der Waals surface area contributed by atoms with E-state index in [9.17, 15) is 0 Å². The zero-order valence-electron chi connectivity index (χ0n) is 8.23. The second kappa shape index (κ2) is 4.09. The van der Waals surface area contributed by atoms with Gasteiger partial charge in [0.2, 0.25) is 0 Å². The Morgan fingerprint density at radius 3 is 3.00 bits per heavy atom. The van der Waals surface area contributed by atoms with Crippen molar-refractivity contribution in [2.75, 3.05) is 16.8 Å². The SMILES string of the molecule is CC1SCCC1Nc1ccc(N)cn1. The van der Waals surface area contributed by atoms with E-state index < -0.39 is 0 Å². The Kier molecular flexibility index (Phi) is 2.82. The molecule has 2 atom stereocenters. The Hall–Kier alpha value is -0.900. The fourth-order valence-electron chi connectivity index (χ4n) is 1.60. The number of nitrogens with one attached hydrogen (secondary N) is 1. The molecule has 0 aliphatic carbocycles. The molecule has 2 unspecified atom stereocenters. The van der Waals surface area contributed by atoms with Gasteiger partial charge in [-0.2, -0.15) is 11.8 Å². The number of nitrogen functional groups attached to an aromatic ring is 1. The van der Waals surface area contributed by atoms with Crippen LogP contribution in [-0.2, 0) is 0 Å². The molecular formula is C10H15N3S. The Bertz CT molecular complexity index is 299. The third-order valence-corrected chi connectivity index (χ3v) is 3.82. The molecule has 1 aromatic rings. The van der Waals surface area contributed by atoms with E-state index in [1.54, 1.807) is 6.20 Å². The number of nitrogens with zero attached hydrogens (tertiary/aromatic N) is 1. The summed E-state index contributed by atoms with van der Waals surface area (Å²) in [7, 11) is 0. The summed E-state index contributed by atoms with van der Waals surface area (Å²) < 4.78 is 0. The molecule has 2 rings (SSSR count). The Labute approximate surface area is 88.5 Å². The van der Waals surface area contributed by atoms with Gasteiger partial charge in [-0.3, -0.25) is 0 Å². The number of nitrogens with two attached hydrogens (primary N) is 1. The van der Waals surface area contributed by atoms with Gasteiger partial charge < -0.3 is 11.1 Å². The molecular weight excluding hydrogens is 194 g/mol. The van der Waals surface area contributed by atoms with Crippen molar-refractivity contribution in [2.45, 2.75) is 24.6 Å². The van der Waals surface area contributed by atoms with Crippen molar-refractivity contribution in [3.63, 3.8) is 0 Å². The van der Waals surface area contributed by atoms with Crippen LogP contribution >= 0.6 is 11.8 Å². The molecule has 0 saturated carbocycles. The first-order chi connectivity index (χ1) is 6.75. The third kappa shape index (κ3) is 2.12. The Balaban J connectivity index is 2.00. The molecule has 1 aromatic heterocycles. The van der Waals surface area contributed by atoms with E-state index >= 15 is 0 Å². The number of aromatic nitrogens is 1. The van der Waals surface area contributed by atoms with Crippen LogP contribution in [0.25, 0.3) is 0 Å². The molecule has 2 heterocycles. The predicted octanol–water partition coefficient (Wildman–Crippen LogP) is 1.97. The molecule has 3 nitrogen and oxygen atoms in total. The molecule has 3 N–H and O–H groups in total. The maximum Gasteiger partial charge on any atom is 0.126 e. The van der Waals surface area contributed by atoms with Crippen LogP contribution in [0.2, 0.25) is 0 Å². The van der Waals surface area contributed by atoms with Gasteiger partial charge in [-0.05, 0) is 24.3 Å². The van der Waals surface area contributed by atoms with Crippen molar-refractivity contribution in [2.24, 2.45) is 0 Å². The number of hydrogen-bond donors (Lipinski definition) is 2. The van der Waals surface area contributed by atoms with Crippen LogP contribution < -0.4 is 11.1 Å². The first kappa shape index (κ1) is 9.65. The van der Waals surface area contributed by atoms with Crippen molar-refractivity contribution in [1.29, 1.82) is 0 Å². The smallest absolute Gasteiger partial charge is 0.126 e. The minimum Gasteiger partial charge on any atom is -0.397 e. The fraction of sp³-hybridized carbons (Fsp3) is 0.500. The van der Waals surface area contributed by atoms with Crippen LogP contribution in [0, 0.1) is 0 Å². The molecule has 1 saturated heterocycles. The second-order valence-corrected chi connectivity index (χ2v) is 5.08. The average Bonchev–Trinajstić information content (AvgIpc) is 2.56. The van der Waals surface area contributed by atoms with E-state index in [-0.39, 0.29) is 0 Å². The highest BCUT2D eigenvalue weighted by Gasteiger charge is 2.23. The Morgan fingerprint density at radius 2 is 2.43 bits per heavy atom. The average molecular weight is 209 g/mol. The first-order valence-corrected chi connectivity index (χ1v) is 5.90. The van der Waals surface area contributed by atoms with Crippen LogP contribution in [0.3, 0.4) is 0 Å². The molecule has 1 aliphatic heterocycles. The van der Waals surface area contributed by atoms with Gasteiger partial charge in [0.15, 0.2) is 0 Å². The van der Waals surface area contributed by atoms with E-state index in [4.69, 9.17) is 5.73 Å². The summed E-state index contributed by atoms with van der Waals surface area (Å²) in [5, 5.41) is 4.11. The van der Waals surface area contributed by atoms with Gasteiger partial charge in [-0.15, -0.1) is 0 Å². The van der Waals surface area contributed by atoms with E-state index in [0.29, 0.717) is 17.0 Å². The lowest BCUT2D eigenvalue weighted by Gasteiger charge is -2.16. The minimum absolute atomic E-state index is 0.552. The van der Waals surface area contributed by atoms with Crippen LogP contribution in [0.15, 0.2) is 18.3 Å². The first-order valence-electron chi connectivity index (χ1n) is 4.85. The largest absolute Gasteiger partial charge is 0.397 e. The maximum absolute atomic E-state index is 5.57. The van der Waals surface area contributed by atoms with E-state index in [1.807, 2.05) is 23.9 Å². The standard InChI is InChI=1S/C10H15N3S/c1-7-9(4-5-14-7)13-10-3-2-8(11)6-12-10/h2-3,6-7,9H,4-5,11H2,1H3,(H,12,13). The summed E-state index contributed by atoms with van der Waals surface area (Å²) in [6, 6.07) is 4.36. The lowest BCUT2D eigenvalue weighted by atomic mass is 10.2. The van der Waals surface area contributed by atoms with Crippen molar-refractivity contribution in [3.05, 3.63) is 18.3 Å². The summed E-state index contributed by atoms with van der Waals surface area (Å²) in [4.78, 5) is 4.23. The van der Waals surface area contributed by atoms with Gasteiger partial charge in [0.05, 0.1) is 11.9 Å². The van der Waals surface area contributed by atoms with Crippen molar-refractivity contribution in [1.82, 2.24) is 4.98 Å². The zero-order valence-corrected chi connectivity index (χ0v) is 9.05. The maximum atomic E-state index is 5.57. The summed E-state index contributed by atoms with van der Waals surface area (Å²) in [5.41, 5.74) is 6.28. The zero-order chi connectivity index (χ0) is 9.97. The van der Waals surface area contributed by atoms with Gasteiger partial charge in [0.25, 0.3) is 0 Å². The minimum atomic E-state index is 0.552. The van der Waals surface area contributed by atoms with Gasteiger partial charge >= 0.3 is 0 Å². The topological polar surface area (TPSA) is 50.9 Å². The van der Waals surface area contributed by atoms with E-state index in [1.165, 1.54) is 12.2 Å². The molecule has 0 aromatic carbocycles. The van der Waals surface area contributed by atoms with Crippen LogP contribution in [-0.4, -0.2) is 22.0 Å². The lowest BCUT2D eigenvalue weighted by Crippen LogP contribution is -2.25. The quantitative estimate of drug-likeness (QED) is 0.782. The van der Waals surface area contributed by atoms with Crippen molar-refractivity contribution >= 4 is 23.3 Å². The van der Waals surface area contributed by atoms with Gasteiger partial charge in [-0.1, -0.05) is 6.92 Å². The monoisotopic (exact) mass is 209 g/mol. The Morgan fingerprint density at radius 1 is 1.57 bits per heavy atom. The number of anilines is 2. The molecule has 76 valence electrons. The molecule has 1 aliphatic rings. The molecule has 1 fully saturated rings. The summed E-state index contributed by atoms with van der Waals surface area (Å²) in [6.07, 6.45) is 2.91. The molecule has 0 radical (unpaired) electrons. The number of rotatable bonds is 2. The van der Waals surface area contributed by atoms with E-state index in [2.05, 4.69) is 17.2 Å².